The molecule has 1 N–H and O–H groups in total. The standard InChI is InChI=1S/C25H23N3O4/c1-17-8-10-20(11-9-17)28-22(25(31)32-2)21(24(29)30)16-27(19-6-4-3-5-7-19)23(28)18-12-14-26-15-13-18/h3-15,23H,16H2,1-2H3,(H,29,30). The Kier molecular flexibility index (Phi) is 5.89. The van der Waals surface area contributed by atoms with Gasteiger partial charge in [0.05, 0.1) is 19.2 Å². The van der Waals surface area contributed by atoms with Crippen molar-refractivity contribution in [2.45, 2.75) is 13.1 Å². The van der Waals surface area contributed by atoms with Crippen molar-refractivity contribution in [2.75, 3.05) is 23.5 Å². The van der Waals surface area contributed by atoms with Crippen LogP contribution in [0.25, 0.3) is 0 Å². The Morgan fingerprint density at radius 1 is 0.969 bits per heavy atom. The molecule has 1 unspecified atom stereocenters. The maximum absolute atomic E-state index is 12.9. The number of methoxy groups -OCH3 is 1. The fraction of sp³-hybridized carbons (Fsp3) is 0.160. The van der Waals surface area contributed by atoms with Crippen LogP contribution in [0.15, 0.2) is 90.4 Å². The summed E-state index contributed by atoms with van der Waals surface area (Å²) in [5, 5.41) is 10.1. The van der Waals surface area contributed by atoms with Gasteiger partial charge in [-0.25, -0.2) is 9.59 Å². The number of benzene rings is 2. The molecule has 2 heterocycles. The summed E-state index contributed by atoms with van der Waals surface area (Å²) in [6, 6.07) is 20.9. The van der Waals surface area contributed by atoms with E-state index in [0.717, 1.165) is 16.8 Å². The number of aryl methyl sites for hydroxylation is 1. The second kappa shape index (κ2) is 8.93. The van der Waals surface area contributed by atoms with Crippen molar-refractivity contribution in [1.29, 1.82) is 0 Å². The highest BCUT2D eigenvalue weighted by Crippen LogP contribution is 2.41. The number of pyridine rings is 1. The van der Waals surface area contributed by atoms with E-state index in [4.69, 9.17) is 4.74 Å². The molecule has 162 valence electrons. The summed E-state index contributed by atoms with van der Waals surface area (Å²) in [5.41, 5.74) is 3.39. The van der Waals surface area contributed by atoms with Gasteiger partial charge in [0.2, 0.25) is 0 Å². The van der Waals surface area contributed by atoms with Gasteiger partial charge in [-0.2, -0.15) is 0 Å². The topological polar surface area (TPSA) is 83.0 Å². The van der Waals surface area contributed by atoms with Crippen LogP contribution in [0.3, 0.4) is 0 Å². The lowest BCUT2D eigenvalue weighted by molar-refractivity contribution is -0.138. The van der Waals surface area contributed by atoms with Gasteiger partial charge in [0.15, 0.2) is 0 Å². The minimum Gasteiger partial charge on any atom is -0.478 e. The van der Waals surface area contributed by atoms with Crippen LogP contribution in [0.5, 0.6) is 0 Å². The van der Waals surface area contributed by atoms with Crippen molar-refractivity contribution in [3.8, 4) is 0 Å². The molecule has 1 aliphatic heterocycles. The van der Waals surface area contributed by atoms with E-state index in [0.29, 0.717) is 5.69 Å². The molecule has 0 aliphatic carbocycles. The van der Waals surface area contributed by atoms with E-state index < -0.39 is 18.1 Å². The van der Waals surface area contributed by atoms with E-state index in [-0.39, 0.29) is 17.8 Å². The molecule has 7 heteroatoms. The van der Waals surface area contributed by atoms with Crippen LogP contribution in [0.4, 0.5) is 11.4 Å². The van der Waals surface area contributed by atoms with Crippen LogP contribution in [0.1, 0.15) is 17.3 Å². The maximum Gasteiger partial charge on any atom is 0.355 e. The lowest BCUT2D eigenvalue weighted by Crippen LogP contribution is -2.50. The fourth-order valence-corrected chi connectivity index (χ4v) is 3.92. The van der Waals surface area contributed by atoms with Gasteiger partial charge in [0, 0.05) is 23.8 Å². The number of hydrogen-bond donors (Lipinski definition) is 1. The molecule has 0 saturated carbocycles. The minimum atomic E-state index is -1.17. The number of anilines is 2. The van der Waals surface area contributed by atoms with E-state index in [2.05, 4.69) is 4.98 Å². The number of carbonyl (C=O) groups excluding carboxylic acids is 1. The normalized spacial score (nSPS) is 16.1. The Balaban J connectivity index is 2.02. The van der Waals surface area contributed by atoms with E-state index in [1.807, 2.05) is 78.6 Å². The monoisotopic (exact) mass is 429 g/mol. The first-order chi connectivity index (χ1) is 15.5. The van der Waals surface area contributed by atoms with E-state index in [9.17, 15) is 14.7 Å². The summed E-state index contributed by atoms with van der Waals surface area (Å²) in [6.07, 6.45) is 2.86. The largest absolute Gasteiger partial charge is 0.478 e. The highest BCUT2D eigenvalue weighted by Gasteiger charge is 2.41. The quantitative estimate of drug-likeness (QED) is 0.616. The fourth-order valence-electron chi connectivity index (χ4n) is 3.92. The van der Waals surface area contributed by atoms with Gasteiger partial charge >= 0.3 is 11.9 Å². The molecule has 2 aromatic carbocycles. The van der Waals surface area contributed by atoms with Gasteiger partial charge in [-0.15, -0.1) is 0 Å². The van der Waals surface area contributed by atoms with Crippen LogP contribution in [-0.2, 0) is 14.3 Å². The van der Waals surface area contributed by atoms with Crippen LogP contribution in [0.2, 0.25) is 0 Å². The maximum atomic E-state index is 12.9. The number of ether oxygens (including phenoxy) is 1. The Morgan fingerprint density at radius 2 is 1.62 bits per heavy atom. The zero-order chi connectivity index (χ0) is 22.7. The number of rotatable bonds is 5. The zero-order valence-electron chi connectivity index (χ0n) is 17.8. The Morgan fingerprint density at radius 3 is 2.22 bits per heavy atom. The summed E-state index contributed by atoms with van der Waals surface area (Å²) in [7, 11) is 1.26. The molecule has 0 saturated heterocycles. The smallest absolute Gasteiger partial charge is 0.355 e. The molecular formula is C25H23N3O4. The van der Waals surface area contributed by atoms with Crippen molar-refractivity contribution in [3.05, 3.63) is 102 Å². The van der Waals surface area contributed by atoms with Crippen LogP contribution in [-0.4, -0.2) is 35.7 Å². The molecule has 0 fully saturated rings. The average Bonchev–Trinajstić information content (AvgIpc) is 2.83. The van der Waals surface area contributed by atoms with Gasteiger partial charge < -0.3 is 19.6 Å². The second-order valence-electron chi connectivity index (χ2n) is 7.45. The van der Waals surface area contributed by atoms with Crippen LogP contribution < -0.4 is 9.80 Å². The number of aliphatic carboxylic acids is 1. The van der Waals surface area contributed by atoms with Gasteiger partial charge in [-0.1, -0.05) is 35.9 Å². The number of hydrogen-bond acceptors (Lipinski definition) is 6. The molecule has 3 aromatic rings. The Hall–Kier alpha value is -4.13. The zero-order valence-corrected chi connectivity index (χ0v) is 17.8. The third-order valence-corrected chi connectivity index (χ3v) is 5.44. The number of esters is 1. The first-order valence-electron chi connectivity index (χ1n) is 10.1. The molecule has 1 aromatic heterocycles. The summed E-state index contributed by atoms with van der Waals surface area (Å²) in [6.45, 7) is 2.00. The first kappa shape index (κ1) is 21.1. The van der Waals surface area contributed by atoms with Gasteiger partial charge in [-0.3, -0.25) is 4.98 Å². The lowest BCUT2D eigenvalue weighted by Gasteiger charge is -2.46. The SMILES string of the molecule is COC(=O)C1=C(C(=O)O)CN(c2ccccc2)C(c2ccncc2)N1c1ccc(C)cc1. The number of aromatic nitrogens is 1. The Labute approximate surface area is 186 Å². The molecule has 32 heavy (non-hydrogen) atoms. The van der Waals surface area contributed by atoms with E-state index >= 15 is 0 Å². The van der Waals surface area contributed by atoms with Gasteiger partial charge in [-0.05, 0) is 48.9 Å². The average molecular weight is 429 g/mol. The van der Waals surface area contributed by atoms with Crippen molar-refractivity contribution in [3.63, 3.8) is 0 Å². The highest BCUT2D eigenvalue weighted by molar-refractivity contribution is 6.04. The number of carboxylic acids is 1. The van der Waals surface area contributed by atoms with Gasteiger partial charge in [0.1, 0.15) is 11.9 Å². The predicted molar refractivity (Wildman–Crippen MR) is 121 cm³/mol. The number of nitrogens with zero attached hydrogens (tertiary/aromatic N) is 3. The summed E-state index contributed by atoms with van der Waals surface area (Å²) >= 11 is 0. The molecular weight excluding hydrogens is 406 g/mol. The highest BCUT2D eigenvalue weighted by atomic mass is 16.5. The van der Waals surface area contributed by atoms with Crippen molar-refractivity contribution in [2.24, 2.45) is 0 Å². The molecule has 0 radical (unpaired) electrons. The molecule has 0 amide bonds. The molecule has 4 rings (SSSR count). The van der Waals surface area contributed by atoms with E-state index in [1.54, 1.807) is 17.3 Å². The number of para-hydroxylation sites is 1. The third kappa shape index (κ3) is 3.92. The van der Waals surface area contributed by atoms with Gasteiger partial charge in [0.25, 0.3) is 0 Å². The molecule has 0 bridgehead atoms. The molecule has 1 aliphatic rings. The number of carboxylic acid groups (broad SMARTS) is 1. The molecule has 1 atom stereocenters. The first-order valence-corrected chi connectivity index (χ1v) is 10.1. The van der Waals surface area contributed by atoms with Crippen molar-refractivity contribution < 1.29 is 19.4 Å². The van der Waals surface area contributed by atoms with Crippen molar-refractivity contribution >= 4 is 23.3 Å². The molecule has 0 spiro atoms. The van der Waals surface area contributed by atoms with Crippen LogP contribution >= 0.6 is 0 Å². The Bertz CT molecular complexity index is 1140. The summed E-state index contributed by atoms with van der Waals surface area (Å²) in [5.74, 6) is -1.87. The number of carbonyl (C=O) groups is 2. The summed E-state index contributed by atoms with van der Waals surface area (Å²) in [4.78, 5) is 33.1. The van der Waals surface area contributed by atoms with Crippen molar-refractivity contribution in [1.82, 2.24) is 4.98 Å². The summed E-state index contributed by atoms with van der Waals surface area (Å²) < 4.78 is 5.04. The van der Waals surface area contributed by atoms with Crippen LogP contribution in [0, 0.1) is 6.92 Å². The lowest BCUT2D eigenvalue weighted by atomic mass is 10.00. The van der Waals surface area contributed by atoms with E-state index in [1.165, 1.54) is 7.11 Å². The second-order valence-corrected chi connectivity index (χ2v) is 7.45. The molecule has 7 nitrogen and oxygen atoms in total. The predicted octanol–water partition coefficient (Wildman–Crippen LogP) is 3.93. The minimum absolute atomic E-state index is 0.0119. The third-order valence-electron chi connectivity index (χ3n) is 5.44.